The van der Waals surface area contributed by atoms with Gasteiger partial charge in [0.1, 0.15) is 18.3 Å². The quantitative estimate of drug-likeness (QED) is 0.531. The Morgan fingerprint density at radius 1 is 1.03 bits per heavy atom. The van der Waals surface area contributed by atoms with E-state index in [0.717, 1.165) is 21.4 Å². The number of anilines is 1. The van der Waals surface area contributed by atoms with Gasteiger partial charge in [-0.05, 0) is 49.2 Å². The van der Waals surface area contributed by atoms with Crippen molar-refractivity contribution in [1.82, 2.24) is 24.6 Å². The molecule has 9 heteroatoms. The van der Waals surface area contributed by atoms with Gasteiger partial charge in [-0.3, -0.25) is 19.5 Å². The smallest absolute Gasteiger partial charge is 0.308 e. The first-order valence-corrected chi connectivity index (χ1v) is 9.58. The minimum atomic E-state index is -0.680. The maximum absolute atomic E-state index is 12.8. The number of carbonyl (C=O) groups is 2. The fraction of sp³-hybridized carbons (Fsp3) is 0.136. The van der Waals surface area contributed by atoms with Gasteiger partial charge >= 0.3 is 6.03 Å². The second kappa shape index (κ2) is 8.23. The minimum absolute atomic E-state index is 0.281. The van der Waals surface area contributed by atoms with Crippen LogP contribution in [-0.2, 0) is 11.3 Å². The molecule has 4 rings (SSSR count). The van der Waals surface area contributed by atoms with Crippen LogP contribution in [0.1, 0.15) is 11.1 Å². The maximum Gasteiger partial charge on any atom is 0.325 e. The number of benzene rings is 2. The van der Waals surface area contributed by atoms with E-state index in [2.05, 4.69) is 20.7 Å². The first kappa shape index (κ1) is 20.0. The topological polar surface area (TPSA) is 111 Å². The lowest BCUT2D eigenvalue weighted by molar-refractivity contribution is -0.120. The lowest BCUT2D eigenvalue weighted by atomic mass is 10.1. The summed E-state index contributed by atoms with van der Waals surface area (Å²) in [6.07, 6.45) is 2.71. The van der Waals surface area contributed by atoms with E-state index in [-0.39, 0.29) is 11.9 Å². The first-order chi connectivity index (χ1) is 14.9. The molecular formula is C22H20N6O3. The third-order valence-electron chi connectivity index (χ3n) is 4.60. The Morgan fingerprint density at radius 3 is 2.45 bits per heavy atom. The summed E-state index contributed by atoms with van der Waals surface area (Å²) in [7, 11) is 0. The number of hydrogen-bond donors (Lipinski definition) is 2. The van der Waals surface area contributed by atoms with E-state index < -0.39 is 17.5 Å². The van der Waals surface area contributed by atoms with Crippen molar-refractivity contribution in [3.8, 4) is 5.69 Å². The fourth-order valence-electron chi connectivity index (χ4n) is 3.33. The molecule has 0 saturated heterocycles. The van der Waals surface area contributed by atoms with Crippen LogP contribution in [0.2, 0.25) is 0 Å². The summed E-state index contributed by atoms with van der Waals surface area (Å²) in [5.41, 5.74) is 3.46. The summed E-state index contributed by atoms with van der Waals surface area (Å²) in [6, 6.07) is 14.0. The molecule has 4 aromatic rings. The van der Waals surface area contributed by atoms with Crippen LogP contribution in [0, 0.1) is 13.8 Å². The zero-order chi connectivity index (χ0) is 22.0. The molecule has 0 saturated carbocycles. The number of imide groups is 1. The molecule has 0 fully saturated rings. The number of carbonyl (C=O) groups excluding carboxylic acids is 2. The molecule has 0 bridgehead atoms. The van der Waals surface area contributed by atoms with Gasteiger partial charge in [0.25, 0.3) is 5.56 Å². The van der Waals surface area contributed by atoms with Crippen molar-refractivity contribution < 1.29 is 9.59 Å². The number of nitrogens with one attached hydrogen (secondary N) is 2. The highest BCUT2D eigenvalue weighted by molar-refractivity contribution is 6.01. The van der Waals surface area contributed by atoms with Gasteiger partial charge in [-0.15, -0.1) is 0 Å². The Hall–Kier alpha value is -4.27. The summed E-state index contributed by atoms with van der Waals surface area (Å²) in [5.74, 6) is -0.640. The summed E-state index contributed by atoms with van der Waals surface area (Å²) in [4.78, 5) is 41.3. The number of fused-ring (bicyclic) bond motifs is 1. The molecule has 0 unspecified atom stereocenters. The molecule has 9 nitrogen and oxygen atoms in total. The highest BCUT2D eigenvalue weighted by Gasteiger charge is 2.15. The van der Waals surface area contributed by atoms with Crippen molar-refractivity contribution in [1.29, 1.82) is 0 Å². The van der Waals surface area contributed by atoms with E-state index in [1.807, 2.05) is 38.1 Å². The lowest BCUT2D eigenvalue weighted by Gasteiger charge is -2.09. The second-order valence-electron chi connectivity index (χ2n) is 7.19. The van der Waals surface area contributed by atoms with Gasteiger partial charge in [0.05, 0.1) is 11.9 Å². The predicted molar refractivity (Wildman–Crippen MR) is 116 cm³/mol. The average molecular weight is 416 g/mol. The Labute approximate surface area is 177 Å². The van der Waals surface area contributed by atoms with Gasteiger partial charge < -0.3 is 5.32 Å². The molecule has 156 valence electrons. The number of rotatable bonds is 4. The number of nitrogens with zero attached hydrogens (tertiary/aromatic N) is 4. The molecular weight excluding hydrogens is 396 g/mol. The van der Waals surface area contributed by atoms with Crippen LogP contribution in [0.3, 0.4) is 0 Å². The Kier molecular flexibility index (Phi) is 5.31. The Bertz CT molecular complexity index is 1320. The second-order valence-corrected chi connectivity index (χ2v) is 7.19. The predicted octanol–water partition coefficient (Wildman–Crippen LogP) is 2.55. The van der Waals surface area contributed by atoms with Gasteiger partial charge in [0, 0.05) is 5.69 Å². The molecule has 0 atom stereocenters. The number of amides is 3. The van der Waals surface area contributed by atoms with E-state index in [9.17, 15) is 14.4 Å². The fourth-order valence-corrected chi connectivity index (χ4v) is 3.33. The summed E-state index contributed by atoms with van der Waals surface area (Å²) in [6.45, 7) is 3.61. The highest BCUT2D eigenvalue weighted by Crippen LogP contribution is 2.17. The molecule has 0 aliphatic carbocycles. The van der Waals surface area contributed by atoms with Crippen LogP contribution in [0.5, 0.6) is 0 Å². The molecule has 2 heterocycles. The maximum atomic E-state index is 12.8. The van der Waals surface area contributed by atoms with Crippen LogP contribution in [-0.4, -0.2) is 31.3 Å². The van der Waals surface area contributed by atoms with Crippen LogP contribution in [0.25, 0.3) is 16.7 Å². The largest absolute Gasteiger partial charge is 0.325 e. The van der Waals surface area contributed by atoms with Gasteiger partial charge in [0.15, 0.2) is 5.65 Å². The molecule has 2 aromatic heterocycles. The average Bonchev–Trinajstić information content (AvgIpc) is 3.15. The zero-order valence-electron chi connectivity index (χ0n) is 17.0. The summed E-state index contributed by atoms with van der Waals surface area (Å²) >= 11 is 0. The number of para-hydroxylation sites is 1. The van der Waals surface area contributed by atoms with Gasteiger partial charge in [-0.2, -0.15) is 5.10 Å². The van der Waals surface area contributed by atoms with E-state index in [1.54, 1.807) is 28.9 Å². The summed E-state index contributed by atoms with van der Waals surface area (Å²) in [5, 5.41) is 9.33. The van der Waals surface area contributed by atoms with Gasteiger partial charge in [-0.25, -0.2) is 14.5 Å². The molecule has 3 amide bonds. The molecule has 0 aliphatic heterocycles. The van der Waals surface area contributed by atoms with Gasteiger partial charge in [-0.1, -0.05) is 24.3 Å². The van der Waals surface area contributed by atoms with Crippen LogP contribution >= 0.6 is 0 Å². The van der Waals surface area contributed by atoms with Crippen molar-refractivity contribution in [2.45, 2.75) is 20.4 Å². The standard InChI is InChI=1S/C22H20N6O3/c1-14-8-15(2)10-17(9-14)28-20-18(11-24-28)21(30)27(13-23-20)12-19(29)26-22(31)25-16-6-4-3-5-7-16/h3-11,13H,12H2,1-2H3,(H2,25,26,29,31). The zero-order valence-corrected chi connectivity index (χ0v) is 17.0. The normalized spacial score (nSPS) is 10.8. The third-order valence-corrected chi connectivity index (χ3v) is 4.60. The van der Waals surface area contributed by atoms with Gasteiger partial charge in [0.2, 0.25) is 5.91 Å². The van der Waals surface area contributed by atoms with Crippen LogP contribution in [0.15, 0.2) is 65.8 Å². The van der Waals surface area contributed by atoms with E-state index in [1.165, 1.54) is 12.5 Å². The van der Waals surface area contributed by atoms with Crippen molar-refractivity contribution in [3.05, 3.63) is 82.5 Å². The van der Waals surface area contributed by atoms with Crippen molar-refractivity contribution in [2.24, 2.45) is 0 Å². The third kappa shape index (κ3) is 4.35. The van der Waals surface area contributed by atoms with Crippen molar-refractivity contribution >= 4 is 28.7 Å². The molecule has 2 aromatic carbocycles. The number of hydrogen-bond acceptors (Lipinski definition) is 5. The molecule has 0 spiro atoms. The minimum Gasteiger partial charge on any atom is -0.308 e. The first-order valence-electron chi connectivity index (χ1n) is 9.58. The number of aromatic nitrogens is 4. The van der Waals surface area contributed by atoms with Crippen molar-refractivity contribution in [3.63, 3.8) is 0 Å². The van der Waals surface area contributed by atoms with Crippen molar-refractivity contribution in [2.75, 3.05) is 5.32 Å². The van der Waals surface area contributed by atoms with E-state index >= 15 is 0 Å². The van der Waals surface area contributed by atoms with E-state index in [0.29, 0.717) is 11.3 Å². The number of urea groups is 1. The lowest BCUT2D eigenvalue weighted by Crippen LogP contribution is -2.38. The van der Waals surface area contributed by atoms with E-state index in [4.69, 9.17) is 0 Å². The van der Waals surface area contributed by atoms with Crippen LogP contribution in [0.4, 0.5) is 10.5 Å². The summed E-state index contributed by atoms with van der Waals surface area (Å²) < 4.78 is 2.73. The molecule has 0 radical (unpaired) electrons. The monoisotopic (exact) mass is 416 g/mol. The SMILES string of the molecule is Cc1cc(C)cc(-n2ncc3c(=O)n(CC(=O)NC(=O)Nc4ccccc4)cnc32)c1. The molecule has 2 N–H and O–H groups in total. The molecule has 31 heavy (non-hydrogen) atoms. The Balaban J connectivity index is 1.53. The number of aryl methyl sites for hydroxylation is 2. The highest BCUT2D eigenvalue weighted by atomic mass is 16.2. The molecule has 0 aliphatic rings. The van der Waals surface area contributed by atoms with Crippen LogP contribution < -0.4 is 16.2 Å². The Morgan fingerprint density at radius 2 is 1.74 bits per heavy atom.